The van der Waals surface area contributed by atoms with Crippen LogP contribution in [0, 0.1) is 0 Å². The minimum atomic E-state index is 0.410. The highest BCUT2D eigenvalue weighted by Gasteiger charge is 2.16. The molecule has 2 heterocycles. The Hall–Kier alpha value is -0.900. The zero-order valence-electron chi connectivity index (χ0n) is 8.90. The molecule has 4 nitrogen and oxygen atoms in total. The highest BCUT2D eigenvalue weighted by Crippen LogP contribution is 2.11. The van der Waals surface area contributed by atoms with Crippen LogP contribution in [-0.4, -0.2) is 27.6 Å². The van der Waals surface area contributed by atoms with E-state index in [4.69, 9.17) is 0 Å². The monoisotopic (exact) mass is 194 g/mol. The third-order valence-corrected chi connectivity index (χ3v) is 2.70. The van der Waals surface area contributed by atoms with Crippen LogP contribution in [0.25, 0.3) is 0 Å². The van der Waals surface area contributed by atoms with Crippen LogP contribution in [0.4, 0.5) is 0 Å². The first-order valence-corrected chi connectivity index (χ1v) is 5.40. The highest BCUT2D eigenvalue weighted by atomic mass is 15.4. The molecule has 1 fully saturated rings. The smallest absolute Gasteiger partial charge is 0.0842 e. The van der Waals surface area contributed by atoms with Crippen molar-refractivity contribution >= 4 is 0 Å². The van der Waals surface area contributed by atoms with Gasteiger partial charge in [0.1, 0.15) is 0 Å². The highest BCUT2D eigenvalue weighted by molar-refractivity contribution is 4.97. The molecule has 4 heteroatoms. The van der Waals surface area contributed by atoms with Crippen molar-refractivity contribution in [3.8, 4) is 0 Å². The first-order valence-electron chi connectivity index (χ1n) is 5.40. The number of hydrogen-bond donors (Lipinski definition) is 1. The van der Waals surface area contributed by atoms with Crippen LogP contribution in [0.3, 0.4) is 0 Å². The average Bonchev–Trinajstić information content (AvgIpc) is 2.75. The first kappa shape index (κ1) is 9.65. The summed E-state index contributed by atoms with van der Waals surface area (Å²) in [4.78, 5) is 0. The Kier molecular flexibility index (Phi) is 2.82. The number of rotatable bonds is 3. The standard InChI is InChI=1S/C10H18N4/c1-8(2)14-7-10(12-13-14)6-9-4-3-5-11-9/h7-9,11H,3-6H2,1-2H3. The minimum absolute atomic E-state index is 0.410. The molecule has 0 spiro atoms. The molecule has 1 aliphatic rings. The van der Waals surface area contributed by atoms with Crippen LogP contribution in [0.1, 0.15) is 38.4 Å². The second-order valence-corrected chi connectivity index (χ2v) is 4.28. The van der Waals surface area contributed by atoms with E-state index in [1.807, 2.05) is 4.68 Å². The maximum Gasteiger partial charge on any atom is 0.0842 e. The Morgan fingerprint density at radius 1 is 1.64 bits per heavy atom. The lowest BCUT2D eigenvalue weighted by Gasteiger charge is -2.06. The number of nitrogens with one attached hydrogen (secondary N) is 1. The van der Waals surface area contributed by atoms with E-state index in [1.54, 1.807) is 0 Å². The molecule has 1 aliphatic heterocycles. The van der Waals surface area contributed by atoms with E-state index < -0.39 is 0 Å². The lowest BCUT2D eigenvalue weighted by molar-refractivity contribution is 0.514. The van der Waals surface area contributed by atoms with Gasteiger partial charge in [0.25, 0.3) is 0 Å². The van der Waals surface area contributed by atoms with Gasteiger partial charge in [0.2, 0.25) is 0 Å². The van der Waals surface area contributed by atoms with Crippen molar-refractivity contribution in [2.45, 2.75) is 45.2 Å². The molecule has 1 aromatic heterocycles. The maximum absolute atomic E-state index is 4.17. The zero-order valence-corrected chi connectivity index (χ0v) is 8.90. The fourth-order valence-corrected chi connectivity index (χ4v) is 1.84. The molecule has 14 heavy (non-hydrogen) atoms. The SMILES string of the molecule is CC(C)n1cc(CC2CCCN2)nn1. The predicted molar refractivity (Wildman–Crippen MR) is 55.1 cm³/mol. The van der Waals surface area contributed by atoms with Crippen LogP contribution in [0.5, 0.6) is 0 Å². The molecule has 1 aromatic rings. The minimum Gasteiger partial charge on any atom is -0.314 e. The van der Waals surface area contributed by atoms with E-state index in [0.29, 0.717) is 12.1 Å². The average molecular weight is 194 g/mol. The van der Waals surface area contributed by atoms with Gasteiger partial charge in [-0.25, -0.2) is 4.68 Å². The summed E-state index contributed by atoms with van der Waals surface area (Å²) in [6.45, 7) is 5.39. The third-order valence-electron chi connectivity index (χ3n) is 2.70. The fourth-order valence-electron chi connectivity index (χ4n) is 1.84. The molecule has 1 saturated heterocycles. The van der Waals surface area contributed by atoms with Gasteiger partial charge in [-0.3, -0.25) is 0 Å². The maximum atomic E-state index is 4.17. The van der Waals surface area contributed by atoms with E-state index >= 15 is 0 Å². The van der Waals surface area contributed by atoms with Crippen LogP contribution in [-0.2, 0) is 6.42 Å². The van der Waals surface area contributed by atoms with E-state index in [2.05, 4.69) is 35.7 Å². The Balaban J connectivity index is 1.95. The van der Waals surface area contributed by atoms with Crippen molar-refractivity contribution in [3.05, 3.63) is 11.9 Å². The van der Waals surface area contributed by atoms with Gasteiger partial charge in [-0.2, -0.15) is 0 Å². The zero-order chi connectivity index (χ0) is 9.97. The second-order valence-electron chi connectivity index (χ2n) is 4.28. The number of hydrogen-bond acceptors (Lipinski definition) is 3. The van der Waals surface area contributed by atoms with Gasteiger partial charge in [0, 0.05) is 24.7 Å². The Bertz CT molecular complexity index is 286. The van der Waals surface area contributed by atoms with Gasteiger partial charge in [-0.05, 0) is 33.2 Å². The largest absolute Gasteiger partial charge is 0.314 e. The summed E-state index contributed by atoms with van der Waals surface area (Å²) >= 11 is 0. The molecule has 0 amide bonds. The summed E-state index contributed by atoms with van der Waals surface area (Å²) in [7, 11) is 0. The van der Waals surface area contributed by atoms with Gasteiger partial charge in [0.15, 0.2) is 0 Å². The van der Waals surface area contributed by atoms with E-state index in [0.717, 1.165) is 18.7 Å². The molecule has 0 radical (unpaired) electrons. The first-order chi connectivity index (χ1) is 6.75. The Labute approximate surface area is 84.7 Å². The second kappa shape index (κ2) is 4.09. The lowest BCUT2D eigenvalue weighted by Crippen LogP contribution is -2.23. The van der Waals surface area contributed by atoms with Crippen molar-refractivity contribution < 1.29 is 0 Å². The van der Waals surface area contributed by atoms with Gasteiger partial charge < -0.3 is 5.32 Å². The topological polar surface area (TPSA) is 42.7 Å². The van der Waals surface area contributed by atoms with Crippen LogP contribution in [0.2, 0.25) is 0 Å². The molecule has 78 valence electrons. The molecule has 2 rings (SSSR count). The molecule has 1 atom stereocenters. The van der Waals surface area contributed by atoms with Crippen molar-refractivity contribution in [2.75, 3.05) is 6.54 Å². The van der Waals surface area contributed by atoms with Crippen molar-refractivity contribution in [1.29, 1.82) is 0 Å². The van der Waals surface area contributed by atoms with Crippen LogP contribution in [0.15, 0.2) is 6.20 Å². The molecular weight excluding hydrogens is 176 g/mol. The molecular formula is C10H18N4. The van der Waals surface area contributed by atoms with Crippen molar-refractivity contribution in [2.24, 2.45) is 0 Å². The molecule has 0 aromatic carbocycles. The molecule has 0 bridgehead atoms. The van der Waals surface area contributed by atoms with Crippen LogP contribution < -0.4 is 5.32 Å². The summed E-state index contributed by atoms with van der Waals surface area (Å²) in [5, 5.41) is 11.7. The summed E-state index contributed by atoms with van der Waals surface area (Å²) in [6, 6.07) is 1.03. The van der Waals surface area contributed by atoms with E-state index in [1.165, 1.54) is 12.8 Å². The summed E-state index contributed by atoms with van der Waals surface area (Å²) < 4.78 is 1.92. The van der Waals surface area contributed by atoms with E-state index in [9.17, 15) is 0 Å². The quantitative estimate of drug-likeness (QED) is 0.785. The number of nitrogens with zero attached hydrogens (tertiary/aromatic N) is 3. The van der Waals surface area contributed by atoms with E-state index in [-0.39, 0.29) is 0 Å². The fraction of sp³-hybridized carbons (Fsp3) is 0.800. The molecule has 1 N–H and O–H groups in total. The summed E-state index contributed by atoms with van der Waals surface area (Å²) in [5.74, 6) is 0. The normalized spacial score (nSPS) is 22.1. The van der Waals surface area contributed by atoms with Gasteiger partial charge in [-0.1, -0.05) is 5.21 Å². The lowest BCUT2D eigenvalue weighted by atomic mass is 10.1. The van der Waals surface area contributed by atoms with Gasteiger partial charge in [-0.15, -0.1) is 5.10 Å². The van der Waals surface area contributed by atoms with Gasteiger partial charge in [0.05, 0.1) is 5.69 Å². The van der Waals surface area contributed by atoms with Crippen molar-refractivity contribution in [3.63, 3.8) is 0 Å². The predicted octanol–water partition coefficient (Wildman–Crippen LogP) is 1.15. The molecule has 0 saturated carbocycles. The van der Waals surface area contributed by atoms with Crippen molar-refractivity contribution in [1.82, 2.24) is 20.3 Å². The Morgan fingerprint density at radius 2 is 2.50 bits per heavy atom. The summed E-state index contributed by atoms with van der Waals surface area (Å²) in [6.07, 6.45) is 5.65. The molecule has 0 aliphatic carbocycles. The third kappa shape index (κ3) is 2.12. The van der Waals surface area contributed by atoms with Crippen LogP contribution >= 0.6 is 0 Å². The molecule has 1 unspecified atom stereocenters. The number of aromatic nitrogens is 3. The summed E-state index contributed by atoms with van der Waals surface area (Å²) in [5.41, 5.74) is 1.11. The van der Waals surface area contributed by atoms with Gasteiger partial charge >= 0.3 is 0 Å². The Morgan fingerprint density at radius 3 is 3.07 bits per heavy atom.